The SMILES string of the molecule is O=c1c(Cc2ccc(Cl)cc2)nnc2sc(-c3ccc(-c4ccc(Cl)cc4Cl)o3)nn12. The Morgan fingerprint density at radius 2 is 1.65 bits per heavy atom. The van der Waals surface area contributed by atoms with Crippen molar-refractivity contribution in [3.8, 4) is 22.1 Å². The van der Waals surface area contributed by atoms with E-state index in [2.05, 4.69) is 15.3 Å². The van der Waals surface area contributed by atoms with Crippen LogP contribution < -0.4 is 5.56 Å². The zero-order chi connectivity index (χ0) is 21.5. The number of benzene rings is 2. The molecule has 0 atom stereocenters. The van der Waals surface area contributed by atoms with Crippen LogP contribution in [0.4, 0.5) is 0 Å². The van der Waals surface area contributed by atoms with Crippen molar-refractivity contribution in [2.24, 2.45) is 0 Å². The molecule has 0 amide bonds. The van der Waals surface area contributed by atoms with E-state index in [0.29, 0.717) is 54.2 Å². The zero-order valence-corrected chi connectivity index (χ0v) is 18.6. The lowest BCUT2D eigenvalue weighted by Gasteiger charge is -2.00. The van der Waals surface area contributed by atoms with Crippen LogP contribution in [0.25, 0.3) is 27.1 Å². The molecular weight excluding hydrogens is 479 g/mol. The van der Waals surface area contributed by atoms with Gasteiger partial charge in [0.1, 0.15) is 11.5 Å². The molecule has 154 valence electrons. The summed E-state index contributed by atoms with van der Waals surface area (Å²) in [5.74, 6) is 1.06. The standard InChI is InChI=1S/C21H11Cl3N4O2S/c22-12-3-1-11(2-4-12)9-16-20(29)28-21(26-25-16)31-19(27-28)18-8-7-17(30-18)14-6-5-13(23)10-15(14)24/h1-8,10H,9H2. The molecule has 0 aliphatic carbocycles. The quantitative estimate of drug-likeness (QED) is 0.308. The van der Waals surface area contributed by atoms with E-state index in [-0.39, 0.29) is 5.56 Å². The first-order valence-corrected chi connectivity index (χ1v) is 11.0. The number of furan rings is 1. The molecule has 0 N–H and O–H groups in total. The van der Waals surface area contributed by atoms with Crippen LogP contribution in [0.1, 0.15) is 11.3 Å². The molecule has 0 radical (unpaired) electrons. The van der Waals surface area contributed by atoms with Crippen molar-refractivity contribution < 1.29 is 4.42 Å². The molecule has 0 aliphatic rings. The van der Waals surface area contributed by atoms with Gasteiger partial charge in [-0.3, -0.25) is 4.79 Å². The molecule has 0 saturated heterocycles. The van der Waals surface area contributed by atoms with Gasteiger partial charge in [-0.05, 0) is 48.0 Å². The number of halogens is 3. The fraction of sp³-hybridized carbons (Fsp3) is 0.0476. The van der Waals surface area contributed by atoms with E-state index in [1.807, 2.05) is 12.1 Å². The average molecular weight is 490 g/mol. The van der Waals surface area contributed by atoms with Crippen molar-refractivity contribution in [3.63, 3.8) is 0 Å². The fourth-order valence-electron chi connectivity index (χ4n) is 3.04. The molecule has 0 saturated carbocycles. The van der Waals surface area contributed by atoms with E-state index in [4.69, 9.17) is 39.2 Å². The lowest BCUT2D eigenvalue weighted by molar-refractivity contribution is 0.595. The van der Waals surface area contributed by atoms with Gasteiger partial charge in [-0.1, -0.05) is 58.3 Å². The Morgan fingerprint density at radius 3 is 2.42 bits per heavy atom. The Balaban J connectivity index is 1.49. The molecule has 0 aliphatic heterocycles. The summed E-state index contributed by atoms with van der Waals surface area (Å²) in [6, 6.07) is 15.9. The average Bonchev–Trinajstić information content (AvgIpc) is 3.39. The molecule has 0 spiro atoms. The Morgan fingerprint density at radius 1 is 0.903 bits per heavy atom. The Kier molecular flexibility index (Phi) is 5.27. The monoisotopic (exact) mass is 488 g/mol. The summed E-state index contributed by atoms with van der Waals surface area (Å²) in [6.07, 6.45) is 0.332. The lowest BCUT2D eigenvalue weighted by atomic mass is 10.1. The van der Waals surface area contributed by atoms with Crippen molar-refractivity contribution in [3.05, 3.63) is 91.3 Å². The fourth-order valence-corrected chi connectivity index (χ4v) is 4.47. The molecular formula is C21H11Cl3N4O2S. The van der Waals surface area contributed by atoms with Crippen LogP contribution in [-0.4, -0.2) is 19.8 Å². The molecule has 5 rings (SSSR count). The smallest absolute Gasteiger partial charge is 0.297 e. The van der Waals surface area contributed by atoms with Crippen molar-refractivity contribution >= 4 is 51.1 Å². The van der Waals surface area contributed by atoms with Gasteiger partial charge in [-0.15, -0.1) is 15.3 Å². The number of aromatic nitrogens is 4. The van der Waals surface area contributed by atoms with Gasteiger partial charge in [0, 0.05) is 22.0 Å². The third-order valence-corrected chi connectivity index (χ3v) is 6.27. The maximum atomic E-state index is 12.9. The van der Waals surface area contributed by atoms with Gasteiger partial charge in [-0.2, -0.15) is 4.52 Å². The highest BCUT2D eigenvalue weighted by Gasteiger charge is 2.17. The summed E-state index contributed by atoms with van der Waals surface area (Å²) in [6.45, 7) is 0. The second-order valence-electron chi connectivity index (χ2n) is 6.64. The number of hydrogen-bond acceptors (Lipinski definition) is 6. The van der Waals surface area contributed by atoms with Gasteiger partial charge in [-0.25, -0.2) is 0 Å². The highest BCUT2D eigenvalue weighted by molar-refractivity contribution is 7.19. The number of rotatable bonds is 4. The van der Waals surface area contributed by atoms with Crippen molar-refractivity contribution in [1.29, 1.82) is 0 Å². The summed E-state index contributed by atoms with van der Waals surface area (Å²) in [5.41, 5.74) is 1.59. The van der Waals surface area contributed by atoms with Gasteiger partial charge < -0.3 is 4.42 Å². The van der Waals surface area contributed by atoms with Crippen LogP contribution in [0, 0.1) is 0 Å². The van der Waals surface area contributed by atoms with Crippen LogP contribution in [0.15, 0.2) is 63.8 Å². The van der Waals surface area contributed by atoms with Crippen LogP contribution >= 0.6 is 46.1 Å². The molecule has 31 heavy (non-hydrogen) atoms. The molecule has 3 aromatic heterocycles. The van der Waals surface area contributed by atoms with Crippen LogP contribution in [0.5, 0.6) is 0 Å². The molecule has 3 heterocycles. The summed E-state index contributed by atoms with van der Waals surface area (Å²) in [7, 11) is 0. The minimum atomic E-state index is -0.324. The second kappa shape index (κ2) is 8.09. The largest absolute Gasteiger partial charge is 0.453 e. The molecule has 10 heteroatoms. The van der Waals surface area contributed by atoms with Gasteiger partial charge in [0.15, 0.2) is 10.8 Å². The molecule has 5 aromatic rings. The maximum Gasteiger partial charge on any atom is 0.297 e. The third kappa shape index (κ3) is 3.97. The normalized spacial score (nSPS) is 11.3. The minimum Gasteiger partial charge on any atom is -0.453 e. The van der Waals surface area contributed by atoms with Crippen LogP contribution in [-0.2, 0) is 6.42 Å². The van der Waals surface area contributed by atoms with E-state index in [1.54, 1.807) is 42.5 Å². The molecule has 0 bridgehead atoms. The molecule has 0 unspecified atom stereocenters. The zero-order valence-electron chi connectivity index (χ0n) is 15.6. The first-order chi connectivity index (χ1) is 15.0. The molecule has 2 aromatic carbocycles. The van der Waals surface area contributed by atoms with E-state index in [0.717, 1.165) is 5.56 Å². The van der Waals surface area contributed by atoms with Crippen molar-refractivity contribution in [1.82, 2.24) is 19.8 Å². The lowest BCUT2D eigenvalue weighted by Crippen LogP contribution is -2.22. The van der Waals surface area contributed by atoms with Gasteiger partial charge in [0.2, 0.25) is 4.96 Å². The first-order valence-electron chi connectivity index (χ1n) is 9.03. The number of nitrogens with zero attached hydrogens (tertiary/aromatic N) is 4. The van der Waals surface area contributed by atoms with Crippen molar-refractivity contribution in [2.75, 3.05) is 0 Å². The minimum absolute atomic E-state index is 0.296. The van der Waals surface area contributed by atoms with E-state index < -0.39 is 0 Å². The maximum absolute atomic E-state index is 12.9. The Labute approximate surface area is 194 Å². The number of fused-ring (bicyclic) bond motifs is 1. The summed E-state index contributed by atoms with van der Waals surface area (Å²) in [4.78, 5) is 13.2. The highest BCUT2D eigenvalue weighted by atomic mass is 35.5. The van der Waals surface area contributed by atoms with E-state index in [1.165, 1.54) is 15.9 Å². The number of hydrogen-bond donors (Lipinski definition) is 0. The van der Waals surface area contributed by atoms with Crippen LogP contribution in [0.2, 0.25) is 15.1 Å². The summed E-state index contributed by atoms with van der Waals surface area (Å²) in [5, 5.41) is 14.8. The van der Waals surface area contributed by atoms with Gasteiger partial charge in [0.25, 0.3) is 5.56 Å². The van der Waals surface area contributed by atoms with Crippen molar-refractivity contribution in [2.45, 2.75) is 6.42 Å². The topological polar surface area (TPSA) is 73.3 Å². The van der Waals surface area contributed by atoms with E-state index >= 15 is 0 Å². The predicted octanol–water partition coefficient (Wildman–Crippen LogP) is 6.02. The molecule has 0 fully saturated rings. The molecule has 6 nitrogen and oxygen atoms in total. The summed E-state index contributed by atoms with van der Waals surface area (Å²) >= 11 is 19.4. The van der Waals surface area contributed by atoms with Gasteiger partial charge >= 0.3 is 0 Å². The van der Waals surface area contributed by atoms with E-state index in [9.17, 15) is 4.79 Å². The summed E-state index contributed by atoms with van der Waals surface area (Å²) < 4.78 is 7.17. The van der Waals surface area contributed by atoms with Crippen LogP contribution in [0.3, 0.4) is 0 Å². The highest BCUT2D eigenvalue weighted by Crippen LogP contribution is 2.35. The first kappa shape index (κ1) is 20.2. The third-order valence-electron chi connectivity index (χ3n) is 4.55. The predicted molar refractivity (Wildman–Crippen MR) is 122 cm³/mol. The van der Waals surface area contributed by atoms with Gasteiger partial charge in [0.05, 0.1) is 5.02 Å². The Bertz CT molecular complexity index is 1470. The Hall–Kier alpha value is -2.71. The second-order valence-corrected chi connectivity index (χ2v) is 8.88.